The third-order valence-corrected chi connectivity index (χ3v) is 4.12. The number of hydrogen-bond acceptors (Lipinski definition) is 9. The van der Waals surface area contributed by atoms with Crippen LogP contribution in [0.15, 0.2) is 30.5 Å². The highest BCUT2D eigenvalue weighted by Crippen LogP contribution is 2.28. The number of nitrogens with one attached hydrogen (secondary N) is 2. The summed E-state index contributed by atoms with van der Waals surface area (Å²) in [6.45, 7) is 0.630. The maximum Gasteiger partial charge on any atom is 0.355 e. The Bertz CT molecular complexity index is 1160. The minimum Gasteiger partial charge on any atom is -0.492 e. The number of esters is 1. The lowest BCUT2D eigenvalue weighted by Crippen LogP contribution is -2.25. The van der Waals surface area contributed by atoms with Gasteiger partial charge in [-0.3, -0.25) is 9.20 Å². The smallest absolute Gasteiger partial charge is 0.355 e. The normalized spacial score (nSPS) is 12.1. The number of carbonyl (C=O) groups excluding carboxylic acids is 2. The van der Waals surface area contributed by atoms with E-state index < -0.39 is 11.9 Å². The Labute approximate surface area is 179 Å². The zero-order valence-electron chi connectivity index (χ0n) is 16.0. The lowest BCUT2D eigenvalue weighted by molar-refractivity contribution is -0.118. The molecule has 0 fully saturated rings. The van der Waals surface area contributed by atoms with Crippen molar-refractivity contribution in [3.05, 3.63) is 47.4 Å². The van der Waals surface area contributed by atoms with E-state index in [4.69, 9.17) is 21.6 Å². The number of amides is 1. The van der Waals surface area contributed by atoms with E-state index in [1.165, 1.54) is 0 Å². The molecule has 31 heavy (non-hydrogen) atoms. The molecular formula is C18H16ClN5O7. The highest BCUT2D eigenvalue weighted by Gasteiger charge is 2.18. The number of methoxy groups -OCH3 is 1. The van der Waals surface area contributed by atoms with Gasteiger partial charge in [0.2, 0.25) is 11.7 Å². The number of nitrogens with zero attached hydrogens (tertiary/aromatic N) is 3. The van der Waals surface area contributed by atoms with E-state index in [1.807, 2.05) is 18.2 Å². The van der Waals surface area contributed by atoms with E-state index in [-0.39, 0.29) is 35.6 Å². The number of imidazole rings is 1. The van der Waals surface area contributed by atoms with Gasteiger partial charge in [-0.1, -0.05) is 6.07 Å². The Morgan fingerprint density at radius 3 is 2.81 bits per heavy atom. The summed E-state index contributed by atoms with van der Waals surface area (Å²) in [5, 5.41) is 20.7. The molecule has 1 amide bonds. The molecular weight excluding hydrogens is 434 g/mol. The first-order valence-electron chi connectivity index (χ1n) is 8.62. The summed E-state index contributed by atoms with van der Waals surface area (Å²) in [5.74, 6) is -1.96. The van der Waals surface area contributed by atoms with Crippen LogP contribution in [0.3, 0.4) is 0 Å². The van der Waals surface area contributed by atoms with Gasteiger partial charge in [-0.25, -0.2) is 19.4 Å². The predicted octanol–water partition coefficient (Wildman–Crippen LogP) is 1.18. The van der Waals surface area contributed by atoms with Crippen molar-refractivity contribution in [2.24, 2.45) is 0 Å². The SMILES string of the molecule is COC(=O)c1cc(C(=O)O)nc2nc(O)cn12.O=C1COc2ccc(CNCl)cc2N1. The molecule has 0 saturated heterocycles. The molecule has 0 unspecified atom stereocenters. The third kappa shape index (κ3) is 4.99. The number of aromatic hydroxyl groups is 1. The number of ether oxygens (including phenoxy) is 2. The van der Waals surface area contributed by atoms with Gasteiger partial charge in [0.25, 0.3) is 5.91 Å². The monoisotopic (exact) mass is 449 g/mol. The quantitative estimate of drug-likeness (QED) is 0.335. The van der Waals surface area contributed by atoms with Crippen LogP contribution in [0.1, 0.15) is 26.5 Å². The van der Waals surface area contributed by atoms with Gasteiger partial charge in [-0.05, 0) is 29.5 Å². The summed E-state index contributed by atoms with van der Waals surface area (Å²) >= 11 is 5.38. The van der Waals surface area contributed by atoms with Crippen LogP contribution >= 0.6 is 11.8 Å². The molecule has 1 aromatic carbocycles. The van der Waals surface area contributed by atoms with Crippen LogP contribution in [0.25, 0.3) is 5.78 Å². The molecule has 3 aromatic rings. The Morgan fingerprint density at radius 2 is 2.13 bits per heavy atom. The number of halogens is 1. The minimum absolute atomic E-state index is 0.0808. The molecule has 4 rings (SSSR count). The second kappa shape index (κ2) is 9.28. The number of rotatable bonds is 4. The van der Waals surface area contributed by atoms with Gasteiger partial charge in [0.15, 0.2) is 12.3 Å². The zero-order chi connectivity index (χ0) is 22.5. The van der Waals surface area contributed by atoms with E-state index in [0.717, 1.165) is 29.3 Å². The molecule has 2 aromatic heterocycles. The first-order chi connectivity index (χ1) is 14.8. The second-order valence-corrected chi connectivity index (χ2v) is 6.34. The Hall–Kier alpha value is -3.90. The fourth-order valence-corrected chi connectivity index (χ4v) is 2.80. The molecule has 162 valence electrons. The summed E-state index contributed by atoms with van der Waals surface area (Å²) in [7, 11) is 1.16. The summed E-state index contributed by atoms with van der Waals surface area (Å²) in [6.07, 6.45) is 1.14. The fraction of sp³-hybridized carbons (Fsp3) is 0.167. The number of benzene rings is 1. The van der Waals surface area contributed by atoms with Crippen molar-refractivity contribution >= 4 is 41.1 Å². The van der Waals surface area contributed by atoms with Crippen LogP contribution in [-0.4, -0.2) is 56.1 Å². The average Bonchev–Trinajstić information content (AvgIpc) is 3.13. The van der Waals surface area contributed by atoms with Crippen LogP contribution in [-0.2, 0) is 16.1 Å². The lowest BCUT2D eigenvalue weighted by atomic mass is 10.1. The molecule has 3 heterocycles. The van der Waals surface area contributed by atoms with Crippen molar-refractivity contribution in [1.29, 1.82) is 0 Å². The van der Waals surface area contributed by atoms with E-state index >= 15 is 0 Å². The molecule has 13 heteroatoms. The van der Waals surface area contributed by atoms with Gasteiger partial charge >= 0.3 is 11.9 Å². The van der Waals surface area contributed by atoms with Crippen LogP contribution < -0.4 is 14.9 Å². The highest BCUT2D eigenvalue weighted by atomic mass is 35.5. The van der Waals surface area contributed by atoms with Crippen LogP contribution in [0.2, 0.25) is 0 Å². The molecule has 0 aliphatic carbocycles. The summed E-state index contributed by atoms with van der Waals surface area (Å²) in [4.78, 5) is 43.0. The Kier molecular flexibility index (Phi) is 6.52. The van der Waals surface area contributed by atoms with E-state index in [1.54, 1.807) is 0 Å². The first-order valence-corrected chi connectivity index (χ1v) is 9.00. The number of carbonyl (C=O) groups is 3. The van der Waals surface area contributed by atoms with Crippen molar-refractivity contribution in [1.82, 2.24) is 19.2 Å². The van der Waals surface area contributed by atoms with Gasteiger partial charge in [0.1, 0.15) is 11.4 Å². The van der Waals surface area contributed by atoms with Crippen LogP contribution in [0.4, 0.5) is 5.69 Å². The van der Waals surface area contributed by atoms with Crippen LogP contribution in [0, 0.1) is 0 Å². The Balaban J connectivity index is 0.000000179. The average molecular weight is 450 g/mol. The molecule has 0 bridgehead atoms. The maximum absolute atomic E-state index is 11.4. The fourth-order valence-electron chi connectivity index (χ4n) is 2.64. The van der Waals surface area contributed by atoms with Gasteiger partial charge in [-0.2, -0.15) is 4.98 Å². The van der Waals surface area contributed by atoms with Crippen molar-refractivity contribution < 1.29 is 34.1 Å². The van der Waals surface area contributed by atoms with Gasteiger partial charge in [-0.15, -0.1) is 0 Å². The largest absolute Gasteiger partial charge is 0.492 e. The molecule has 0 atom stereocenters. The molecule has 4 N–H and O–H groups in total. The number of aromatic nitrogens is 3. The summed E-state index contributed by atoms with van der Waals surface area (Å²) in [5.41, 5.74) is 1.25. The first kappa shape index (κ1) is 21.8. The van der Waals surface area contributed by atoms with Crippen molar-refractivity contribution in [2.75, 3.05) is 19.0 Å². The number of fused-ring (bicyclic) bond motifs is 2. The maximum atomic E-state index is 11.4. The summed E-state index contributed by atoms with van der Waals surface area (Å²) < 4.78 is 10.8. The topological polar surface area (TPSA) is 164 Å². The highest BCUT2D eigenvalue weighted by molar-refractivity contribution is 6.13. The predicted molar refractivity (Wildman–Crippen MR) is 106 cm³/mol. The number of carboxylic acid groups (broad SMARTS) is 1. The second-order valence-electron chi connectivity index (χ2n) is 6.07. The summed E-state index contributed by atoms with van der Waals surface area (Å²) in [6, 6.07) is 6.59. The molecule has 12 nitrogen and oxygen atoms in total. The molecule has 0 radical (unpaired) electrons. The number of carboxylic acids is 1. The number of anilines is 1. The minimum atomic E-state index is -1.31. The zero-order valence-corrected chi connectivity index (χ0v) is 16.7. The van der Waals surface area contributed by atoms with E-state index in [9.17, 15) is 19.5 Å². The van der Waals surface area contributed by atoms with Crippen molar-refractivity contribution in [3.8, 4) is 11.6 Å². The standard InChI is InChI=1S/C9H9ClN2O2.C9H7N3O5/c10-11-4-6-1-2-8-7(3-6)12-9(13)5-14-8;1-17-8(16)5-2-4(7(14)15)10-9-11-6(13)3-12(5)9/h1-3,11H,4-5H2,(H,12,13);2-3,13H,1H3,(H,14,15). The van der Waals surface area contributed by atoms with E-state index in [0.29, 0.717) is 18.0 Å². The molecule has 0 saturated carbocycles. The molecule has 1 aliphatic heterocycles. The van der Waals surface area contributed by atoms with Gasteiger partial charge < -0.3 is 25.0 Å². The van der Waals surface area contributed by atoms with Crippen LogP contribution in [0.5, 0.6) is 11.6 Å². The third-order valence-electron chi connectivity index (χ3n) is 3.99. The lowest BCUT2D eigenvalue weighted by Gasteiger charge is -2.18. The number of hydrogen-bond donors (Lipinski definition) is 4. The molecule has 1 aliphatic rings. The van der Waals surface area contributed by atoms with Gasteiger partial charge in [0.05, 0.1) is 19.0 Å². The van der Waals surface area contributed by atoms with Crippen molar-refractivity contribution in [2.45, 2.75) is 6.54 Å². The van der Waals surface area contributed by atoms with Gasteiger partial charge in [0, 0.05) is 12.6 Å². The van der Waals surface area contributed by atoms with E-state index in [2.05, 4.69) is 24.9 Å². The number of aromatic carboxylic acids is 1. The Morgan fingerprint density at radius 1 is 1.35 bits per heavy atom. The molecule has 0 spiro atoms. The van der Waals surface area contributed by atoms with Crippen molar-refractivity contribution in [3.63, 3.8) is 0 Å².